The average molecular weight is 398 g/mol. The number of ether oxygens (including phenoxy) is 1. The molecule has 146 valence electrons. The first-order valence-electron chi connectivity index (χ1n) is 9.20. The van der Waals surface area contributed by atoms with Gasteiger partial charge in [0.15, 0.2) is 5.11 Å². The number of rotatable bonds is 5. The Bertz CT molecular complexity index is 861. The van der Waals surface area contributed by atoms with E-state index in [1.165, 1.54) is 0 Å². The van der Waals surface area contributed by atoms with Gasteiger partial charge in [0.25, 0.3) is 11.8 Å². The molecule has 2 amide bonds. The molecule has 0 spiro atoms. The lowest BCUT2D eigenvalue weighted by Crippen LogP contribution is -2.34. The largest absolute Gasteiger partial charge is 0.376 e. The molecule has 0 unspecified atom stereocenters. The van der Waals surface area contributed by atoms with Crippen molar-refractivity contribution in [2.75, 3.05) is 18.5 Å². The molecule has 1 aliphatic rings. The van der Waals surface area contributed by atoms with Crippen molar-refractivity contribution in [3.05, 3.63) is 65.2 Å². The molecule has 1 heterocycles. The van der Waals surface area contributed by atoms with Gasteiger partial charge in [-0.05, 0) is 68.4 Å². The van der Waals surface area contributed by atoms with Crippen LogP contribution in [-0.4, -0.2) is 36.2 Å². The Labute approximate surface area is 169 Å². The zero-order chi connectivity index (χ0) is 19.9. The van der Waals surface area contributed by atoms with Gasteiger partial charge in [0.1, 0.15) is 0 Å². The fourth-order valence-electron chi connectivity index (χ4n) is 2.94. The van der Waals surface area contributed by atoms with Crippen molar-refractivity contribution in [2.45, 2.75) is 25.9 Å². The van der Waals surface area contributed by atoms with Gasteiger partial charge in [-0.3, -0.25) is 14.9 Å². The van der Waals surface area contributed by atoms with E-state index in [0.29, 0.717) is 23.4 Å². The molecule has 0 saturated carbocycles. The number of aryl methyl sites for hydroxylation is 1. The lowest BCUT2D eigenvalue weighted by atomic mass is 10.1. The number of amides is 2. The first-order valence-corrected chi connectivity index (χ1v) is 9.61. The topological polar surface area (TPSA) is 79.5 Å². The first-order chi connectivity index (χ1) is 13.5. The fraction of sp³-hybridized carbons (Fsp3) is 0.286. The second-order valence-corrected chi connectivity index (χ2v) is 7.11. The number of thiocarbonyl (C=S) groups is 1. The summed E-state index contributed by atoms with van der Waals surface area (Å²) in [7, 11) is 0. The third kappa shape index (κ3) is 5.61. The van der Waals surface area contributed by atoms with E-state index in [4.69, 9.17) is 17.0 Å². The zero-order valence-electron chi connectivity index (χ0n) is 15.7. The lowest BCUT2D eigenvalue weighted by Gasteiger charge is -2.12. The molecule has 3 N–H and O–H groups in total. The number of hydrogen-bond acceptors (Lipinski definition) is 4. The van der Waals surface area contributed by atoms with E-state index in [2.05, 4.69) is 16.0 Å². The van der Waals surface area contributed by atoms with Crippen molar-refractivity contribution in [2.24, 2.45) is 0 Å². The summed E-state index contributed by atoms with van der Waals surface area (Å²) in [6, 6.07) is 14.2. The summed E-state index contributed by atoms with van der Waals surface area (Å²) in [5.41, 5.74) is 2.78. The third-order valence-electron chi connectivity index (χ3n) is 4.43. The number of benzene rings is 2. The summed E-state index contributed by atoms with van der Waals surface area (Å²) in [4.78, 5) is 24.4. The van der Waals surface area contributed by atoms with E-state index >= 15 is 0 Å². The van der Waals surface area contributed by atoms with E-state index in [0.717, 1.165) is 25.0 Å². The van der Waals surface area contributed by atoms with Gasteiger partial charge in [0.2, 0.25) is 0 Å². The molecule has 0 radical (unpaired) electrons. The van der Waals surface area contributed by atoms with Crippen LogP contribution in [0.25, 0.3) is 0 Å². The minimum absolute atomic E-state index is 0.110. The molecule has 6 nitrogen and oxygen atoms in total. The summed E-state index contributed by atoms with van der Waals surface area (Å²) >= 11 is 5.20. The zero-order valence-corrected chi connectivity index (χ0v) is 16.5. The van der Waals surface area contributed by atoms with Crippen LogP contribution in [0.5, 0.6) is 0 Å². The minimum Gasteiger partial charge on any atom is -0.376 e. The highest BCUT2D eigenvalue weighted by Gasteiger charge is 2.16. The Hall–Kier alpha value is -2.77. The molecule has 0 aliphatic carbocycles. The summed E-state index contributed by atoms with van der Waals surface area (Å²) in [6.45, 7) is 3.21. The van der Waals surface area contributed by atoms with Crippen LogP contribution in [0.1, 0.15) is 39.1 Å². The summed E-state index contributed by atoms with van der Waals surface area (Å²) < 4.78 is 5.50. The van der Waals surface area contributed by atoms with Crippen LogP contribution in [0.4, 0.5) is 5.69 Å². The van der Waals surface area contributed by atoms with E-state index in [1.54, 1.807) is 36.4 Å². The maximum absolute atomic E-state index is 12.2. The highest BCUT2D eigenvalue weighted by atomic mass is 32.1. The molecular weight excluding hydrogens is 374 g/mol. The molecule has 2 aromatic rings. The van der Waals surface area contributed by atoms with Gasteiger partial charge in [0, 0.05) is 30.0 Å². The van der Waals surface area contributed by atoms with E-state index in [9.17, 15) is 9.59 Å². The lowest BCUT2D eigenvalue weighted by molar-refractivity contribution is 0.0857. The summed E-state index contributed by atoms with van der Waals surface area (Å²) in [6.07, 6.45) is 2.13. The second-order valence-electron chi connectivity index (χ2n) is 6.70. The van der Waals surface area contributed by atoms with Gasteiger partial charge >= 0.3 is 0 Å². The summed E-state index contributed by atoms with van der Waals surface area (Å²) in [5.74, 6) is -0.413. The third-order valence-corrected chi connectivity index (χ3v) is 4.63. The normalized spacial score (nSPS) is 15.7. The van der Waals surface area contributed by atoms with E-state index < -0.39 is 0 Å². The molecule has 0 aromatic heterocycles. The minimum atomic E-state index is -0.272. The molecular formula is C21H23N3O3S. The number of anilines is 1. The molecule has 1 atom stereocenters. The quantitative estimate of drug-likeness (QED) is 0.676. The van der Waals surface area contributed by atoms with Crippen LogP contribution in [0, 0.1) is 6.92 Å². The molecule has 28 heavy (non-hydrogen) atoms. The molecule has 1 fully saturated rings. The van der Waals surface area contributed by atoms with E-state index in [1.807, 2.05) is 19.1 Å². The van der Waals surface area contributed by atoms with Crippen LogP contribution in [-0.2, 0) is 4.74 Å². The van der Waals surface area contributed by atoms with Crippen LogP contribution >= 0.6 is 12.2 Å². The smallest absolute Gasteiger partial charge is 0.257 e. The predicted octanol–water partition coefficient (Wildman–Crippen LogP) is 3.03. The predicted molar refractivity (Wildman–Crippen MR) is 113 cm³/mol. The monoisotopic (exact) mass is 397 g/mol. The highest BCUT2D eigenvalue weighted by molar-refractivity contribution is 7.80. The van der Waals surface area contributed by atoms with Gasteiger partial charge in [-0.15, -0.1) is 0 Å². The highest BCUT2D eigenvalue weighted by Crippen LogP contribution is 2.12. The Morgan fingerprint density at radius 2 is 1.89 bits per heavy atom. The van der Waals surface area contributed by atoms with Crippen LogP contribution < -0.4 is 16.0 Å². The Morgan fingerprint density at radius 1 is 1.11 bits per heavy atom. The van der Waals surface area contributed by atoms with Crippen LogP contribution in [0.15, 0.2) is 48.5 Å². The molecule has 2 aromatic carbocycles. The van der Waals surface area contributed by atoms with Crippen molar-refractivity contribution in [3.8, 4) is 0 Å². The van der Waals surface area contributed by atoms with Crippen LogP contribution in [0.3, 0.4) is 0 Å². The van der Waals surface area contributed by atoms with Crippen molar-refractivity contribution in [1.29, 1.82) is 0 Å². The Kier molecular flexibility index (Phi) is 6.73. The van der Waals surface area contributed by atoms with Gasteiger partial charge in [0.05, 0.1) is 6.10 Å². The average Bonchev–Trinajstić information content (AvgIpc) is 3.20. The number of carbonyl (C=O) groups excluding carboxylic acids is 2. The standard InChI is InChI=1S/C21H23N3O3S/c1-14-4-2-5-16(12-14)20(26)24-21(28)23-17-9-7-15(8-10-17)19(25)22-13-18-6-3-11-27-18/h2,4-5,7-10,12,18H,3,6,11,13H2,1H3,(H,22,25)(H2,23,24,26,28)/t18-/m1/s1. The van der Waals surface area contributed by atoms with Gasteiger partial charge in [-0.1, -0.05) is 17.7 Å². The molecule has 3 rings (SSSR count). The van der Waals surface area contributed by atoms with Gasteiger partial charge in [-0.25, -0.2) is 0 Å². The molecule has 1 saturated heterocycles. The van der Waals surface area contributed by atoms with Crippen molar-refractivity contribution >= 4 is 34.8 Å². The maximum Gasteiger partial charge on any atom is 0.257 e. The molecule has 0 bridgehead atoms. The number of nitrogens with one attached hydrogen (secondary N) is 3. The van der Waals surface area contributed by atoms with Gasteiger partial charge < -0.3 is 15.4 Å². The molecule has 7 heteroatoms. The second kappa shape index (κ2) is 9.43. The Balaban J connectivity index is 1.49. The summed E-state index contributed by atoms with van der Waals surface area (Å²) in [5, 5.41) is 8.68. The van der Waals surface area contributed by atoms with Crippen molar-refractivity contribution < 1.29 is 14.3 Å². The first kappa shape index (κ1) is 20.0. The van der Waals surface area contributed by atoms with E-state index in [-0.39, 0.29) is 23.0 Å². The molecule has 1 aliphatic heterocycles. The van der Waals surface area contributed by atoms with Crippen molar-refractivity contribution in [3.63, 3.8) is 0 Å². The SMILES string of the molecule is Cc1cccc(C(=O)NC(=S)Nc2ccc(C(=O)NC[C@H]3CCCO3)cc2)c1. The number of carbonyl (C=O) groups is 2. The maximum atomic E-state index is 12.2. The van der Waals surface area contributed by atoms with Gasteiger partial charge in [-0.2, -0.15) is 0 Å². The fourth-order valence-corrected chi connectivity index (χ4v) is 3.15. The van der Waals surface area contributed by atoms with Crippen molar-refractivity contribution in [1.82, 2.24) is 10.6 Å². The number of hydrogen-bond donors (Lipinski definition) is 3. The Morgan fingerprint density at radius 3 is 2.57 bits per heavy atom. The van der Waals surface area contributed by atoms with Crippen LogP contribution in [0.2, 0.25) is 0 Å².